The summed E-state index contributed by atoms with van der Waals surface area (Å²) in [6, 6.07) is 12.4. The molecule has 3 N–H and O–H groups in total. The van der Waals surface area contributed by atoms with Crippen LogP contribution in [0.25, 0.3) is 0 Å². The van der Waals surface area contributed by atoms with Gasteiger partial charge in [-0.25, -0.2) is 9.18 Å². The van der Waals surface area contributed by atoms with E-state index in [-0.39, 0.29) is 5.69 Å². The van der Waals surface area contributed by atoms with E-state index >= 15 is 0 Å². The Morgan fingerprint density at radius 1 is 1.19 bits per heavy atom. The van der Waals surface area contributed by atoms with Gasteiger partial charge in [0.2, 0.25) is 0 Å². The summed E-state index contributed by atoms with van der Waals surface area (Å²) in [6.45, 7) is 0. The number of carbonyl (C=O) groups excluding carboxylic acids is 1. The number of nitrogens with zero attached hydrogens (tertiary/aromatic N) is 1. The molecule has 2 rings (SSSR count). The molecule has 0 aliphatic heterocycles. The summed E-state index contributed by atoms with van der Waals surface area (Å²) in [5, 5.41) is 2.51. The summed E-state index contributed by atoms with van der Waals surface area (Å²) in [5.74, 6) is -0.483. The van der Waals surface area contributed by atoms with E-state index in [2.05, 4.69) is 5.32 Å². The molecule has 0 heterocycles. The van der Waals surface area contributed by atoms with Crippen LogP contribution in [-0.2, 0) is 0 Å². The van der Waals surface area contributed by atoms with E-state index in [4.69, 9.17) is 18.0 Å². The third-order valence-electron chi connectivity index (χ3n) is 2.96. The van der Waals surface area contributed by atoms with Gasteiger partial charge in [0.25, 0.3) is 0 Å². The number of nitrogens with one attached hydrogen (secondary N) is 1. The Bertz CT molecular complexity index is 673. The van der Waals surface area contributed by atoms with E-state index in [9.17, 15) is 9.18 Å². The van der Waals surface area contributed by atoms with Crippen LogP contribution in [0.15, 0.2) is 48.5 Å². The fraction of sp³-hybridized carbons (Fsp3) is 0.0667. The van der Waals surface area contributed by atoms with Crippen molar-refractivity contribution in [2.75, 3.05) is 17.3 Å². The Balaban J connectivity index is 2.12. The lowest BCUT2D eigenvalue weighted by Crippen LogP contribution is -2.31. The minimum absolute atomic E-state index is 0.133. The minimum Gasteiger partial charge on any atom is -0.389 e. The van der Waals surface area contributed by atoms with E-state index in [0.717, 1.165) is 5.56 Å². The molecule has 21 heavy (non-hydrogen) atoms. The van der Waals surface area contributed by atoms with Gasteiger partial charge in [-0.05, 0) is 36.4 Å². The van der Waals surface area contributed by atoms with E-state index < -0.39 is 11.8 Å². The van der Waals surface area contributed by atoms with Gasteiger partial charge < -0.3 is 11.1 Å². The number of thiocarbonyl (C=S) groups is 1. The number of para-hydroxylation sites is 1. The van der Waals surface area contributed by atoms with Gasteiger partial charge in [-0.2, -0.15) is 0 Å². The van der Waals surface area contributed by atoms with Crippen LogP contribution in [0.1, 0.15) is 5.56 Å². The number of halogens is 1. The van der Waals surface area contributed by atoms with Gasteiger partial charge in [0.1, 0.15) is 10.8 Å². The number of nitrogens with two attached hydrogens (primary N) is 1. The zero-order chi connectivity index (χ0) is 15.4. The quantitative estimate of drug-likeness (QED) is 0.857. The minimum atomic E-state index is -0.483. The second-order valence-electron chi connectivity index (χ2n) is 4.38. The van der Waals surface area contributed by atoms with E-state index in [1.54, 1.807) is 43.4 Å². The highest BCUT2D eigenvalue weighted by molar-refractivity contribution is 7.80. The van der Waals surface area contributed by atoms with E-state index in [0.29, 0.717) is 10.7 Å². The summed E-state index contributed by atoms with van der Waals surface area (Å²) < 4.78 is 13.5. The summed E-state index contributed by atoms with van der Waals surface area (Å²) >= 11 is 4.87. The number of carbonyl (C=O) groups is 1. The molecule has 2 aromatic carbocycles. The van der Waals surface area contributed by atoms with E-state index in [1.165, 1.54) is 17.0 Å². The maximum absolute atomic E-state index is 13.5. The van der Waals surface area contributed by atoms with Crippen LogP contribution in [0, 0.1) is 5.82 Å². The summed E-state index contributed by atoms with van der Waals surface area (Å²) in [4.78, 5) is 13.7. The fourth-order valence-corrected chi connectivity index (χ4v) is 1.86. The number of benzene rings is 2. The molecule has 0 spiro atoms. The molecule has 0 fully saturated rings. The van der Waals surface area contributed by atoms with Crippen molar-refractivity contribution in [2.45, 2.75) is 0 Å². The van der Waals surface area contributed by atoms with Crippen molar-refractivity contribution in [1.29, 1.82) is 0 Å². The molecule has 0 saturated heterocycles. The molecule has 0 unspecified atom stereocenters. The van der Waals surface area contributed by atoms with Crippen LogP contribution in [0.2, 0.25) is 0 Å². The Morgan fingerprint density at radius 3 is 2.38 bits per heavy atom. The first-order valence-electron chi connectivity index (χ1n) is 6.18. The molecule has 0 radical (unpaired) electrons. The molecule has 0 bridgehead atoms. The molecule has 4 nitrogen and oxygen atoms in total. The predicted octanol–water partition coefficient (Wildman–Crippen LogP) is 3.13. The van der Waals surface area contributed by atoms with Gasteiger partial charge in [-0.1, -0.05) is 24.4 Å². The normalized spacial score (nSPS) is 10.0. The lowest BCUT2D eigenvalue weighted by atomic mass is 10.2. The number of hydrogen-bond donors (Lipinski definition) is 2. The van der Waals surface area contributed by atoms with Gasteiger partial charge in [0, 0.05) is 18.3 Å². The first-order valence-corrected chi connectivity index (χ1v) is 6.59. The molecule has 2 amide bonds. The summed E-state index contributed by atoms with van der Waals surface area (Å²) in [6.07, 6.45) is 0. The second-order valence-corrected chi connectivity index (χ2v) is 4.82. The number of urea groups is 1. The molecule has 0 aromatic heterocycles. The number of amides is 2. The lowest BCUT2D eigenvalue weighted by Gasteiger charge is -2.18. The molecular weight excluding hydrogens is 289 g/mol. The molecule has 2 aromatic rings. The molecule has 0 aliphatic carbocycles. The second kappa shape index (κ2) is 6.32. The first-order chi connectivity index (χ1) is 9.99. The van der Waals surface area contributed by atoms with Crippen LogP contribution in [0.5, 0.6) is 0 Å². The Hall–Kier alpha value is -2.47. The molecule has 0 aliphatic rings. The molecule has 0 saturated carbocycles. The van der Waals surface area contributed by atoms with Crippen LogP contribution >= 0.6 is 12.2 Å². The van der Waals surface area contributed by atoms with Crippen molar-refractivity contribution in [3.63, 3.8) is 0 Å². The Morgan fingerprint density at radius 2 is 1.81 bits per heavy atom. The highest BCUT2D eigenvalue weighted by atomic mass is 32.1. The van der Waals surface area contributed by atoms with E-state index in [1.807, 2.05) is 0 Å². The van der Waals surface area contributed by atoms with Crippen molar-refractivity contribution in [3.05, 3.63) is 59.9 Å². The SMILES string of the molecule is CN(C(=O)Nc1ccccc1F)c1ccc(C(N)=S)cc1. The van der Waals surface area contributed by atoms with Crippen molar-refractivity contribution < 1.29 is 9.18 Å². The lowest BCUT2D eigenvalue weighted by molar-refractivity contribution is 0.258. The number of anilines is 2. The summed E-state index contributed by atoms with van der Waals surface area (Å²) in [5.41, 5.74) is 7.01. The Labute approximate surface area is 127 Å². The maximum atomic E-state index is 13.5. The average Bonchev–Trinajstić information content (AvgIpc) is 2.49. The van der Waals surface area contributed by atoms with Crippen molar-refractivity contribution >= 4 is 34.6 Å². The topological polar surface area (TPSA) is 58.4 Å². The third kappa shape index (κ3) is 3.55. The number of rotatable bonds is 3. The third-order valence-corrected chi connectivity index (χ3v) is 3.19. The highest BCUT2D eigenvalue weighted by Crippen LogP contribution is 2.17. The number of hydrogen-bond acceptors (Lipinski definition) is 2. The van der Waals surface area contributed by atoms with Gasteiger partial charge in [-0.15, -0.1) is 0 Å². The van der Waals surface area contributed by atoms with Crippen LogP contribution in [0.3, 0.4) is 0 Å². The maximum Gasteiger partial charge on any atom is 0.326 e. The van der Waals surface area contributed by atoms with Crippen molar-refractivity contribution in [2.24, 2.45) is 5.73 Å². The largest absolute Gasteiger partial charge is 0.389 e. The Kier molecular flexibility index (Phi) is 4.49. The van der Waals surface area contributed by atoms with Gasteiger partial charge >= 0.3 is 6.03 Å². The van der Waals surface area contributed by atoms with Crippen molar-refractivity contribution in [1.82, 2.24) is 0 Å². The zero-order valence-electron chi connectivity index (χ0n) is 11.3. The molecular formula is C15H14FN3OS. The predicted molar refractivity (Wildman–Crippen MR) is 86.2 cm³/mol. The van der Waals surface area contributed by atoms with Crippen LogP contribution in [0.4, 0.5) is 20.6 Å². The average molecular weight is 303 g/mol. The zero-order valence-corrected chi connectivity index (χ0v) is 12.2. The first kappa shape index (κ1) is 14.9. The highest BCUT2D eigenvalue weighted by Gasteiger charge is 2.12. The van der Waals surface area contributed by atoms with Gasteiger partial charge in [0.05, 0.1) is 5.69 Å². The van der Waals surface area contributed by atoms with Gasteiger partial charge in [-0.3, -0.25) is 4.90 Å². The molecule has 108 valence electrons. The van der Waals surface area contributed by atoms with Gasteiger partial charge in [0.15, 0.2) is 0 Å². The van der Waals surface area contributed by atoms with Crippen LogP contribution in [-0.4, -0.2) is 18.1 Å². The van der Waals surface area contributed by atoms with Crippen LogP contribution < -0.4 is 16.0 Å². The standard InChI is InChI=1S/C15H14FN3OS/c1-19(11-8-6-10(7-9-11)14(17)21)15(20)18-13-5-3-2-4-12(13)16/h2-9H,1H3,(H2,17,21)(H,18,20). The molecule has 6 heteroatoms. The molecule has 0 atom stereocenters. The summed E-state index contributed by atoms with van der Waals surface area (Å²) in [7, 11) is 1.59. The van der Waals surface area contributed by atoms with Crippen molar-refractivity contribution in [3.8, 4) is 0 Å². The fourth-order valence-electron chi connectivity index (χ4n) is 1.73. The monoisotopic (exact) mass is 303 g/mol. The smallest absolute Gasteiger partial charge is 0.326 e.